The Kier molecular flexibility index (Phi) is 6.86. The van der Waals surface area contributed by atoms with Crippen LogP contribution < -0.4 is 5.32 Å². The van der Waals surface area contributed by atoms with Crippen LogP contribution in [0.15, 0.2) is 67.0 Å². The molecule has 0 saturated carbocycles. The number of nitrogens with one attached hydrogen (secondary N) is 1. The molecule has 0 unspecified atom stereocenters. The van der Waals surface area contributed by atoms with Gasteiger partial charge in [0.25, 0.3) is 5.91 Å². The van der Waals surface area contributed by atoms with Crippen molar-refractivity contribution in [1.82, 2.24) is 14.5 Å². The molecule has 0 bridgehead atoms. The fourth-order valence-electron chi connectivity index (χ4n) is 4.35. The van der Waals surface area contributed by atoms with E-state index < -0.39 is 0 Å². The Morgan fingerprint density at radius 3 is 2.66 bits per heavy atom. The summed E-state index contributed by atoms with van der Waals surface area (Å²) in [6.07, 6.45) is 7.71. The Morgan fingerprint density at radius 1 is 1.16 bits per heavy atom. The van der Waals surface area contributed by atoms with E-state index in [4.69, 9.17) is 0 Å². The fourth-order valence-corrected chi connectivity index (χ4v) is 4.35. The number of aromatic nitrogens is 2. The Balaban J connectivity index is 1.29. The number of unbranched alkanes of at least 4 members (excludes halogenated alkanes) is 1. The van der Waals surface area contributed by atoms with E-state index in [-0.39, 0.29) is 5.91 Å². The highest BCUT2D eigenvalue weighted by atomic mass is 16.1. The lowest BCUT2D eigenvalue weighted by Crippen LogP contribution is -2.29. The molecule has 0 spiro atoms. The number of fused-ring (bicyclic) bond motifs is 1. The van der Waals surface area contributed by atoms with E-state index in [1.54, 1.807) is 6.92 Å². The highest BCUT2D eigenvalue weighted by Crippen LogP contribution is 2.24. The number of carbonyl (C=O) groups excluding carboxylic acids is 1. The third-order valence-corrected chi connectivity index (χ3v) is 6.11. The molecule has 1 aromatic heterocycles. The lowest BCUT2D eigenvalue weighted by Gasteiger charge is -2.26. The molecule has 166 valence electrons. The fraction of sp³-hybridized carbons (Fsp3) is 0.333. The summed E-state index contributed by atoms with van der Waals surface area (Å²) in [6.45, 7) is 11.7. The molecule has 5 nitrogen and oxygen atoms in total. The van der Waals surface area contributed by atoms with Gasteiger partial charge >= 0.3 is 0 Å². The van der Waals surface area contributed by atoms with Crippen LogP contribution in [0.1, 0.15) is 37.3 Å². The maximum absolute atomic E-state index is 11.9. The topological polar surface area (TPSA) is 50.2 Å². The molecule has 1 aliphatic rings. The van der Waals surface area contributed by atoms with Gasteiger partial charge in [0.1, 0.15) is 0 Å². The van der Waals surface area contributed by atoms with Gasteiger partial charge in [0, 0.05) is 30.9 Å². The summed E-state index contributed by atoms with van der Waals surface area (Å²) >= 11 is 0. The van der Waals surface area contributed by atoms with E-state index in [2.05, 4.69) is 69.7 Å². The van der Waals surface area contributed by atoms with Crippen LogP contribution in [0.5, 0.6) is 0 Å². The number of carbonyl (C=O) groups is 1. The Morgan fingerprint density at radius 2 is 1.94 bits per heavy atom. The van der Waals surface area contributed by atoms with Crippen LogP contribution in [0.4, 0.5) is 5.69 Å². The Bertz CT molecular complexity index is 1140. The average Bonchev–Trinajstić information content (AvgIpc) is 3.21. The number of hydrogen-bond donors (Lipinski definition) is 1. The second-order valence-corrected chi connectivity index (χ2v) is 8.69. The third kappa shape index (κ3) is 5.17. The van der Waals surface area contributed by atoms with Crippen molar-refractivity contribution in [3.63, 3.8) is 0 Å². The minimum absolute atomic E-state index is 0.161. The Hall–Kier alpha value is -3.18. The number of amides is 1. The first kappa shape index (κ1) is 22.0. The number of imidazole rings is 1. The van der Waals surface area contributed by atoms with Gasteiger partial charge in [0.2, 0.25) is 0 Å². The van der Waals surface area contributed by atoms with E-state index in [1.165, 1.54) is 17.6 Å². The zero-order valence-electron chi connectivity index (χ0n) is 19.1. The van der Waals surface area contributed by atoms with Crippen molar-refractivity contribution >= 4 is 28.2 Å². The highest BCUT2D eigenvalue weighted by molar-refractivity contribution is 6.03. The van der Waals surface area contributed by atoms with Crippen LogP contribution in [0.3, 0.4) is 0 Å². The number of hydrogen-bond acceptors (Lipinski definition) is 3. The van der Waals surface area contributed by atoms with Gasteiger partial charge in [0.15, 0.2) is 0 Å². The van der Waals surface area contributed by atoms with Crippen molar-refractivity contribution in [3.05, 3.63) is 78.1 Å². The van der Waals surface area contributed by atoms with Gasteiger partial charge in [-0.3, -0.25) is 9.69 Å². The summed E-state index contributed by atoms with van der Waals surface area (Å²) in [5.74, 6) is -0.161. The normalized spacial score (nSPS) is 14.4. The Labute approximate surface area is 190 Å². The number of anilines is 1. The molecule has 4 rings (SSSR count). The minimum Gasteiger partial charge on any atom is -0.330 e. The molecule has 5 heteroatoms. The third-order valence-electron chi connectivity index (χ3n) is 6.11. The molecule has 0 radical (unpaired) electrons. The summed E-state index contributed by atoms with van der Waals surface area (Å²) in [5, 5.41) is 2.89. The van der Waals surface area contributed by atoms with Crippen LogP contribution in [0.25, 0.3) is 16.6 Å². The highest BCUT2D eigenvalue weighted by Gasteiger charge is 2.13. The first-order valence-corrected chi connectivity index (χ1v) is 11.4. The zero-order valence-corrected chi connectivity index (χ0v) is 19.1. The largest absolute Gasteiger partial charge is 0.330 e. The van der Waals surface area contributed by atoms with Crippen molar-refractivity contribution in [2.45, 2.75) is 39.7 Å². The van der Waals surface area contributed by atoms with Gasteiger partial charge in [-0.25, -0.2) is 4.98 Å². The summed E-state index contributed by atoms with van der Waals surface area (Å²) in [4.78, 5) is 19.0. The van der Waals surface area contributed by atoms with E-state index in [0.29, 0.717) is 5.57 Å². The van der Waals surface area contributed by atoms with Crippen molar-refractivity contribution < 1.29 is 4.79 Å². The van der Waals surface area contributed by atoms with Crippen molar-refractivity contribution in [2.75, 3.05) is 25.0 Å². The smallest absolute Gasteiger partial charge is 0.250 e. The number of nitrogens with zero attached hydrogens (tertiary/aromatic N) is 3. The predicted molar refractivity (Wildman–Crippen MR) is 133 cm³/mol. The minimum atomic E-state index is -0.161. The molecular weight excluding hydrogens is 396 g/mol. The average molecular weight is 429 g/mol. The van der Waals surface area contributed by atoms with Crippen LogP contribution in [-0.4, -0.2) is 40.0 Å². The van der Waals surface area contributed by atoms with Gasteiger partial charge in [-0.05, 0) is 68.5 Å². The van der Waals surface area contributed by atoms with Crippen LogP contribution in [0, 0.1) is 6.92 Å². The number of benzene rings is 2. The first-order valence-electron chi connectivity index (χ1n) is 11.4. The van der Waals surface area contributed by atoms with E-state index in [1.807, 2.05) is 18.5 Å². The molecule has 32 heavy (non-hydrogen) atoms. The molecule has 2 aromatic carbocycles. The molecule has 0 fully saturated rings. The maximum atomic E-state index is 11.9. The molecular formula is C27H32N4O. The molecule has 1 N–H and O–H groups in total. The molecule has 0 saturated heterocycles. The quantitative estimate of drug-likeness (QED) is 0.384. The second-order valence-electron chi connectivity index (χ2n) is 8.69. The molecule has 3 aromatic rings. The summed E-state index contributed by atoms with van der Waals surface area (Å²) < 4.78 is 2.23. The monoisotopic (exact) mass is 428 g/mol. The van der Waals surface area contributed by atoms with E-state index in [0.717, 1.165) is 61.3 Å². The second kappa shape index (κ2) is 9.96. The van der Waals surface area contributed by atoms with Crippen LogP contribution in [-0.2, 0) is 11.3 Å². The standard InChI is InChI=1S/C27H32N4O/c1-20(2)27(32)29-24-17-21(3)26-25(18-24)28-19-31(26)14-8-7-13-30-15-11-23(12-16-30)22-9-5-4-6-10-22/h4-6,9-11,17-19H,1,7-8,12-16H2,2-3H3,(H,29,32). The molecule has 1 amide bonds. The SMILES string of the molecule is C=C(C)C(=O)Nc1cc(C)c2c(c1)ncn2CCCCN1CC=C(c2ccccc2)CC1. The number of rotatable bonds is 8. The lowest BCUT2D eigenvalue weighted by molar-refractivity contribution is -0.112. The molecule has 0 atom stereocenters. The molecule has 0 aliphatic carbocycles. The molecule has 2 heterocycles. The van der Waals surface area contributed by atoms with Gasteiger partial charge in [-0.2, -0.15) is 0 Å². The maximum Gasteiger partial charge on any atom is 0.250 e. The van der Waals surface area contributed by atoms with Crippen molar-refractivity contribution in [1.29, 1.82) is 0 Å². The van der Waals surface area contributed by atoms with Gasteiger partial charge < -0.3 is 9.88 Å². The van der Waals surface area contributed by atoms with Gasteiger partial charge in [0.05, 0.1) is 17.4 Å². The van der Waals surface area contributed by atoms with Crippen LogP contribution in [0.2, 0.25) is 0 Å². The number of aryl methyl sites for hydroxylation is 2. The first-order chi connectivity index (χ1) is 15.5. The van der Waals surface area contributed by atoms with Crippen molar-refractivity contribution in [3.8, 4) is 0 Å². The van der Waals surface area contributed by atoms with Crippen molar-refractivity contribution in [2.24, 2.45) is 0 Å². The molecule has 1 aliphatic heterocycles. The summed E-state index contributed by atoms with van der Waals surface area (Å²) in [7, 11) is 0. The van der Waals surface area contributed by atoms with Gasteiger partial charge in [-0.1, -0.05) is 43.0 Å². The zero-order chi connectivity index (χ0) is 22.5. The van der Waals surface area contributed by atoms with Crippen LogP contribution >= 0.6 is 0 Å². The summed E-state index contributed by atoms with van der Waals surface area (Å²) in [6, 6.07) is 14.7. The van der Waals surface area contributed by atoms with E-state index >= 15 is 0 Å². The summed E-state index contributed by atoms with van der Waals surface area (Å²) in [5.41, 5.74) is 7.27. The lowest BCUT2D eigenvalue weighted by atomic mass is 9.99. The predicted octanol–water partition coefficient (Wildman–Crippen LogP) is 5.43. The van der Waals surface area contributed by atoms with Gasteiger partial charge in [-0.15, -0.1) is 0 Å². The van der Waals surface area contributed by atoms with E-state index in [9.17, 15) is 4.79 Å².